The molecule has 1 aromatic heterocycles. The number of aryl methyl sites for hydroxylation is 1. The molecular formula is C21H22N4O2. The van der Waals surface area contributed by atoms with Gasteiger partial charge >= 0.3 is 5.69 Å². The van der Waals surface area contributed by atoms with Crippen molar-refractivity contribution < 1.29 is 4.79 Å². The van der Waals surface area contributed by atoms with Crippen molar-refractivity contribution in [2.45, 2.75) is 6.92 Å². The highest BCUT2D eigenvalue weighted by atomic mass is 16.2. The number of rotatable bonds is 3. The molecule has 0 aliphatic carbocycles. The van der Waals surface area contributed by atoms with E-state index in [-0.39, 0.29) is 11.6 Å². The van der Waals surface area contributed by atoms with Crippen molar-refractivity contribution in [3.8, 4) is 16.9 Å². The molecule has 0 spiro atoms. The monoisotopic (exact) mass is 362 g/mol. The molecule has 6 nitrogen and oxygen atoms in total. The third-order valence-corrected chi connectivity index (χ3v) is 4.92. The molecule has 0 atom stereocenters. The number of carbonyl (C=O) groups excluding carboxylic acids is 1. The zero-order chi connectivity index (χ0) is 18.8. The fourth-order valence-electron chi connectivity index (χ4n) is 3.53. The average Bonchev–Trinajstić information content (AvgIpc) is 3.06. The summed E-state index contributed by atoms with van der Waals surface area (Å²) in [5, 5.41) is 3.25. The Balaban J connectivity index is 1.93. The van der Waals surface area contributed by atoms with Gasteiger partial charge in [0.05, 0.1) is 11.4 Å². The van der Waals surface area contributed by atoms with Gasteiger partial charge < -0.3 is 15.2 Å². The van der Waals surface area contributed by atoms with E-state index in [4.69, 9.17) is 0 Å². The number of nitrogens with zero attached hydrogens (tertiary/aromatic N) is 2. The Morgan fingerprint density at radius 3 is 2.33 bits per heavy atom. The zero-order valence-corrected chi connectivity index (χ0v) is 15.2. The molecule has 1 aliphatic rings. The summed E-state index contributed by atoms with van der Waals surface area (Å²) in [6.07, 6.45) is 0. The number of aromatic nitrogens is 2. The van der Waals surface area contributed by atoms with Crippen LogP contribution in [0.15, 0.2) is 59.4 Å². The minimum atomic E-state index is -0.304. The van der Waals surface area contributed by atoms with Gasteiger partial charge in [0.1, 0.15) is 5.69 Å². The largest absolute Gasteiger partial charge is 0.335 e. The Morgan fingerprint density at radius 2 is 1.63 bits per heavy atom. The molecule has 4 rings (SSSR count). The Labute approximate surface area is 157 Å². The maximum Gasteiger partial charge on any atom is 0.331 e. The SMILES string of the molecule is Cc1ccccc1-n1c(-c2ccccc2)c(C(=O)N2CCNCC2)[nH]c1=O. The third kappa shape index (κ3) is 3.19. The van der Waals surface area contributed by atoms with Crippen molar-refractivity contribution in [1.82, 2.24) is 19.8 Å². The first kappa shape index (κ1) is 17.3. The lowest BCUT2D eigenvalue weighted by atomic mass is 10.1. The summed E-state index contributed by atoms with van der Waals surface area (Å²) < 4.78 is 1.61. The summed E-state index contributed by atoms with van der Waals surface area (Å²) in [7, 11) is 0. The molecule has 2 N–H and O–H groups in total. The number of H-pyrrole nitrogens is 1. The van der Waals surface area contributed by atoms with Gasteiger partial charge in [0, 0.05) is 31.7 Å². The first-order chi connectivity index (χ1) is 13.2. The first-order valence-corrected chi connectivity index (χ1v) is 9.13. The number of aromatic amines is 1. The Bertz CT molecular complexity index is 1010. The smallest absolute Gasteiger partial charge is 0.331 e. The number of hydrogen-bond acceptors (Lipinski definition) is 3. The van der Waals surface area contributed by atoms with Crippen LogP contribution in [-0.4, -0.2) is 46.5 Å². The van der Waals surface area contributed by atoms with Crippen molar-refractivity contribution in [2.24, 2.45) is 0 Å². The van der Waals surface area contributed by atoms with Gasteiger partial charge in [-0.2, -0.15) is 0 Å². The van der Waals surface area contributed by atoms with Crippen LogP contribution in [0.1, 0.15) is 16.1 Å². The van der Waals surface area contributed by atoms with Crippen LogP contribution < -0.4 is 11.0 Å². The highest BCUT2D eigenvalue weighted by molar-refractivity contribution is 5.98. The van der Waals surface area contributed by atoms with Crippen molar-refractivity contribution in [1.29, 1.82) is 0 Å². The molecule has 1 saturated heterocycles. The van der Waals surface area contributed by atoms with Crippen LogP contribution in [0.3, 0.4) is 0 Å². The number of para-hydroxylation sites is 1. The van der Waals surface area contributed by atoms with E-state index in [1.54, 1.807) is 9.47 Å². The summed E-state index contributed by atoms with van der Waals surface area (Å²) in [5.41, 5.74) is 3.22. The number of benzene rings is 2. The molecule has 0 radical (unpaired) electrons. The molecular weight excluding hydrogens is 340 g/mol. The number of hydrogen-bond donors (Lipinski definition) is 2. The second-order valence-electron chi connectivity index (χ2n) is 6.68. The van der Waals surface area contributed by atoms with E-state index in [1.807, 2.05) is 61.5 Å². The van der Waals surface area contributed by atoms with Crippen LogP contribution in [0.5, 0.6) is 0 Å². The lowest BCUT2D eigenvalue weighted by Gasteiger charge is -2.27. The molecule has 1 fully saturated rings. The first-order valence-electron chi connectivity index (χ1n) is 9.13. The quantitative estimate of drug-likeness (QED) is 0.750. The van der Waals surface area contributed by atoms with Crippen LogP contribution in [0, 0.1) is 6.92 Å². The highest BCUT2D eigenvalue weighted by Gasteiger charge is 2.27. The molecule has 1 aliphatic heterocycles. The van der Waals surface area contributed by atoms with Gasteiger partial charge in [0.25, 0.3) is 5.91 Å². The van der Waals surface area contributed by atoms with Gasteiger partial charge in [0.2, 0.25) is 0 Å². The lowest BCUT2D eigenvalue weighted by Crippen LogP contribution is -2.46. The van der Waals surface area contributed by atoms with Crippen molar-refractivity contribution in [3.63, 3.8) is 0 Å². The Kier molecular flexibility index (Phi) is 4.64. The van der Waals surface area contributed by atoms with E-state index in [2.05, 4.69) is 10.3 Å². The van der Waals surface area contributed by atoms with Gasteiger partial charge in [-0.25, -0.2) is 4.79 Å². The van der Waals surface area contributed by atoms with E-state index >= 15 is 0 Å². The third-order valence-electron chi connectivity index (χ3n) is 4.92. The molecule has 1 amide bonds. The zero-order valence-electron chi connectivity index (χ0n) is 15.2. The summed E-state index contributed by atoms with van der Waals surface area (Å²) in [6.45, 7) is 4.74. The lowest BCUT2D eigenvalue weighted by molar-refractivity contribution is 0.0731. The van der Waals surface area contributed by atoms with Gasteiger partial charge in [-0.3, -0.25) is 9.36 Å². The van der Waals surface area contributed by atoms with Crippen LogP contribution in [0.25, 0.3) is 16.9 Å². The molecule has 0 unspecified atom stereocenters. The second-order valence-corrected chi connectivity index (χ2v) is 6.68. The second kappa shape index (κ2) is 7.25. The summed E-state index contributed by atoms with van der Waals surface area (Å²) in [5.74, 6) is -0.139. The molecule has 0 bridgehead atoms. The fraction of sp³-hybridized carbons (Fsp3) is 0.238. The molecule has 6 heteroatoms. The van der Waals surface area contributed by atoms with Crippen molar-refractivity contribution in [2.75, 3.05) is 26.2 Å². The highest BCUT2D eigenvalue weighted by Crippen LogP contribution is 2.27. The minimum absolute atomic E-state index is 0.139. The molecule has 3 aromatic rings. The minimum Gasteiger partial charge on any atom is -0.335 e. The summed E-state index contributed by atoms with van der Waals surface area (Å²) >= 11 is 0. The number of carbonyl (C=O) groups is 1. The topological polar surface area (TPSA) is 70.1 Å². The number of amides is 1. The van der Waals surface area contributed by atoms with Crippen molar-refractivity contribution in [3.05, 3.63) is 76.3 Å². The normalized spacial score (nSPS) is 14.3. The van der Waals surface area contributed by atoms with E-state index in [1.165, 1.54) is 0 Å². The number of nitrogens with one attached hydrogen (secondary N) is 2. The van der Waals surface area contributed by atoms with Crippen LogP contribution in [0.2, 0.25) is 0 Å². The molecule has 27 heavy (non-hydrogen) atoms. The van der Waals surface area contributed by atoms with Crippen molar-refractivity contribution >= 4 is 5.91 Å². The van der Waals surface area contributed by atoms with Gasteiger partial charge in [0.15, 0.2) is 0 Å². The maximum atomic E-state index is 13.2. The van der Waals surface area contributed by atoms with E-state index < -0.39 is 0 Å². The van der Waals surface area contributed by atoms with Gasteiger partial charge in [-0.05, 0) is 18.6 Å². The standard InChI is InChI=1S/C21H22N4O2/c1-15-7-5-6-10-17(15)25-19(16-8-3-2-4-9-16)18(23-21(25)27)20(26)24-13-11-22-12-14-24/h2-10,22H,11-14H2,1H3,(H,23,27). The molecule has 2 aromatic carbocycles. The molecule has 2 heterocycles. The summed E-state index contributed by atoms with van der Waals surface area (Å²) in [6, 6.07) is 17.3. The predicted octanol–water partition coefficient (Wildman–Crippen LogP) is 2.19. The average molecular weight is 362 g/mol. The number of imidazole rings is 1. The van der Waals surface area contributed by atoms with Crippen LogP contribution in [0.4, 0.5) is 0 Å². The van der Waals surface area contributed by atoms with Gasteiger partial charge in [-0.15, -0.1) is 0 Å². The Hall–Kier alpha value is -3.12. The molecule has 0 saturated carbocycles. The van der Waals surface area contributed by atoms with Gasteiger partial charge in [-0.1, -0.05) is 48.5 Å². The van der Waals surface area contributed by atoms with E-state index in [9.17, 15) is 9.59 Å². The van der Waals surface area contributed by atoms with E-state index in [0.717, 1.165) is 29.9 Å². The Morgan fingerprint density at radius 1 is 0.963 bits per heavy atom. The van der Waals surface area contributed by atoms with Crippen LogP contribution >= 0.6 is 0 Å². The summed E-state index contributed by atoms with van der Waals surface area (Å²) in [4.78, 5) is 30.7. The van der Waals surface area contributed by atoms with E-state index in [0.29, 0.717) is 24.5 Å². The fourth-order valence-corrected chi connectivity index (χ4v) is 3.53. The number of piperazine rings is 1. The molecule has 138 valence electrons. The maximum absolute atomic E-state index is 13.2. The van der Waals surface area contributed by atoms with Crippen LogP contribution in [-0.2, 0) is 0 Å². The predicted molar refractivity (Wildman–Crippen MR) is 105 cm³/mol.